The first kappa shape index (κ1) is 19.2. The van der Waals surface area contributed by atoms with Gasteiger partial charge < -0.3 is 14.4 Å². The van der Waals surface area contributed by atoms with Gasteiger partial charge in [-0.15, -0.1) is 0 Å². The van der Waals surface area contributed by atoms with E-state index >= 15 is 0 Å². The molecule has 0 aromatic carbocycles. The molecule has 6 nitrogen and oxygen atoms in total. The highest BCUT2D eigenvalue weighted by atomic mass is 32.2. The van der Waals surface area contributed by atoms with Gasteiger partial charge in [0.15, 0.2) is 9.84 Å². The van der Waals surface area contributed by atoms with Gasteiger partial charge in [-0.2, -0.15) is 0 Å². The molecule has 1 atom stereocenters. The summed E-state index contributed by atoms with van der Waals surface area (Å²) in [6.45, 7) is 10.3. The Bertz CT molecular complexity index is 483. The van der Waals surface area contributed by atoms with Crippen molar-refractivity contribution in [2.45, 2.75) is 58.7 Å². The van der Waals surface area contributed by atoms with Gasteiger partial charge in [-0.3, -0.25) is 0 Å². The average Bonchev–Trinajstić information content (AvgIpc) is 2.82. The van der Waals surface area contributed by atoms with E-state index in [9.17, 15) is 13.2 Å². The molecular weight excluding hydrogens is 306 g/mol. The number of ether oxygens (including phenoxy) is 2. The maximum atomic E-state index is 12.1. The average molecular weight is 335 g/mol. The first-order valence-corrected chi connectivity index (χ1v) is 9.67. The van der Waals surface area contributed by atoms with Gasteiger partial charge >= 0.3 is 6.09 Å². The van der Waals surface area contributed by atoms with Gasteiger partial charge in [0.25, 0.3) is 0 Å². The van der Waals surface area contributed by atoms with Crippen LogP contribution < -0.4 is 0 Å². The van der Waals surface area contributed by atoms with Crippen LogP contribution in [-0.2, 0) is 19.3 Å². The van der Waals surface area contributed by atoms with Crippen LogP contribution in [0.15, 0.2) is 0 Å². The fourth-order valence-electron chi connectivity index (χ4n) is 2.36. The first-order valence-electron chi connectivity index (χ1n) is 7.85. The largest absolute Gasteiger partial charge is 0.444 e. The second-order valence-electron chi connectivity index (χ2n) is 6.77. The Morgan fingerprint density at radius 1 is 1.27 bits per heavy atom. The Hall–Kier alpha value is -0.820. The van der Waals surface area contributed by atoms with E-state index in [2.05, 4.69) is 0 Å². The van der Waals surface area contributed by atoms with Gasteiger partial charge in [0.05, 0.1) is 24.5 Å². The summed E-state index contributed by atoms with van der Waals surface area (Å²) in [6.07, 6.45) is 1.10. The molecule has 0 saturated carbocycles. The van der Waals surface area contributed by atoms with Crippen LogP contribution in [-0.4, -0.2) is 61.8 Å². The summed E-state index contributed by atoms with van der Waals surface area (Å²) in [5, 5.41) is 0. The predicted octanol–water partition coefficient (Wildman–Crippen LogP) is 2.23. The maximum Gasteiger partial charge on any atom is 0.410 e. The Balaban J connectivity index is 2.57. The van der Waals surface area contributed by atoms with Crippen LogP contribution >= 0.6 is 0 Å². The summed E-state index contributed by atoms with van der Waals surface area (Å²) in [5.74, 6) is 0.150. The lowest BCUT2D eigenvalue weighted by molar-refractivity contribution is -0.0355. The minimum Gasteiger partial charge on any atom is -0.444 e. The van der Waals surface area contributed by atoms with Crippen molar-refractivity contribution in [2.75, 3.05) is 31.2 Å². The zero-order valence-corrected chi connectivity index (χ0v) is 15.2. The van der Waals surface area contributed by atoms with Crippen molar-refractivity contribution in [1.29, 1.82) is 0 Å². The normalized spacial score (nSPS) is 22.9. The topological polar surface area (TPSA) is 72.9 Å². The van der Waals surface area contributed by atoms with Gasteiger partial charge in [0, 0.05) is 12.3 Å². The third-order valence-corrected chi connectivity index (χ3v) is 5.52. The van der Waals surface area contributed by atoms with Crippen molar-refractivity contribution in [3.05, 3.63) is 0 Å². The molecule has 1 rings (SSSR count). The SMILES string of the molecule is CCC1(OCCS(=O)(=O)CC)CCN(C(=O)OC(C)(C)C)C1. The lowest BCUT2D eigenvalue weighted by atomic mass is 10.00. The highest BCUT2D eigenvalue weighted by molar-refractivity contribution is 7.91. The molecule has 22 heavy (non-hydrogen) atoms. The van der Waals surface area contributed by atoms with Gasteiger partial charge in [-0.1, -0.05) is 13.8 Å². The van der Waals surface area contributed by atoms with Crippen LogP contribution in [0.3, 0.4) is 0 Å². The van der Waals surface area contributed by atoms with Crippen molar-refractivity contribution in [3.8, 4) is 0 Å². The number of rotatable bonds is 6. The fraction of sp³-hybridized carbons (Fsp3) is 0.933. The van der Waals surface area contributed by atoms with Gasteiger partial charge in [-0.05, 0) is 33.6 Å². The molecule has 0 aliphatic carbocycles. The zero-order chi connectivity index (χ0) is 17.0. The van der Waals surface area contributed by atoms with E-state index in [1.54, 1.807) is 11.8 Å². The summed E-state index contributed by atoms with van der Waals surface area (Å²) in [7, 11) is -3.03. The number of nitrogens with zero attached hydrogens (tertiary/aromatic N) is 1. The number of likely N-dealkylation sites (tertiary alicyclic amines) is 1. The molecule has 0 aromatic rings. The van der Waals surface area contributed by atoms with E-state index in [0.717, 1.165) is 6.42 Å². The molecule has 1 heterocycles. The molecule has 0 spiro atoms. The van der Waals surface area contributed by atoms with Gasteiger partial charge in [-0.25, -0.2) is 13.2 Å². The molecule has 1 fully saturated rings. The van der Waals surface area contributed by atoms with Crippen molar-refractivity contribution in [1.82, 2.24) is 4.90 Å². The lowest BCUT2D eigenvalue weighted by Gasteiger charge is -2.29. The van der Waals surface area contributed by atoms with Crippen molar-refractivity contribution in [3.63, 3.8) is 0 Å². The summed E-state index contributed by atoms with van der Waals surface area (Å²) >= 11 is 0. The number of carbonyl (C=O) groups is 1. The van der Waals surface area contributed by atoms with Crippen LogP contribution in [0.2, 0.25) is 0 Å². The molecule has 1 saturated heterocycles. The lowest BCUT2D eigenvalue weighted by Crippen LogP contribution is -2.41. The molecule has 0 bridgehead atoms. The molecule has 0 N–H and O–H groups in total. The molecule has 0 radical (unpaired) electrons. The zero-order valence-electron chi connectivity index (χ0n) is 14.3. The first-order chi connectivity index (χ1) is 10.0. The van der Waals surface area contributed by atoms with E-state index in [1.165, 1.54) is 0 Å². The molecule has 1 unspecified atom stereocenters. The molecule has 1 amide bonds. The Morgan fingerprint density at radius 3 is 2.41 bits per heavy atom. The van der Waals surface area contributed by atoms with E-state index < -0.39 is 21.0 Å². The Kier molecular flexibility index (Phi) is 6.27. The Labute approximate surface area is 134 Å². The van der Waals surface area contributed by atoms with E-state index in [0.29, 0.717) is 19.5 Å². The van der Waals surface area contributed by atoms with E-state index in [4.69, 9.17) is 9.47 Å². The quantitative estimate of drug-likeness (QED) is 0.744. The summed E-state index contributed by atoms with van der Waals surface area (Å²) in [4.78, 5) is 13.7. The number of sulfone groups is 1. The van der Waals surface area contributed by atoms with Gasteiger partial charge in [0.2, 0.25) is 0 Å². The number of amides is 1. The molecule has 1 aliphatic rings. The third-order valence-electron chi connectivity index (χ3n) is 3.85. The highest BCUT2D eigenvalue weighted by Gasteiger charge is 2.41. The molecule has 130 valence electrons. The Morgan fingerprint density at radius 2 is 1.91 bits per heavy atom. The summed E-state index contributed by atoms with van der Waals surface area (Å²) in [5.41, 5.74) is -0.981. The van der Waals surface area contributed by atoms with Crippen molar-refractivity contribution in [2.24, 2.45) is 0 Å². The number of hydrogen-bond donors (Lipinski definition) is 0. The fourth-order valence-corrected chi connectivity index (χ4v) is 2.99. The molecule has 1 aliphatic heterocycles. The number of carbonyl (C=O) groups excluding carboxylic acids is 1. The van der Waals surface area contributed by atoms with Crippen molar-refractivity contribution < 1.29 is 22.7 Å². The molecule has 0 aromatic heterocycles. The van der Waals surface area contributed by atoms with Crippen LogP contribution in [0.5, 0.6) is 0 Å². The smallest absolute Gasteiger partial charge is 0.410 e. The summed E-state index contributed by atoms with van der Waals surface area (Å²) in [6, 6.07) is 0. The monoisotopic (exact) mass is 335 g/mol. The van der Waals surface area contributed by atoms with Crippen LogP contribution in [0.1, 0.15) is 47.5 Å². The van der Waals surface area contributed by atoms with Crippen molar-refractivity contribution >= 4 is 15.9 Å². The van der Waals surface area contributed by atoms with Crippen LogP contribution in [0, 0.1) is 0 Å². The van der Waals surface area contributed by atoms with Gasteiger partial charge in [0.1, 0.15) is 5.60 Å². The second-order valence-corrected chi connectivity index (χ2v) is 9.25. The molecule has 7 heteroatoms. The van der Waals surface area contributed by atoms with Crippen LogP contribution in [0.25, 0.3) is 0 Å². The standard InChI is InChI=1S/C15H29NO5S/c1-6-15(20-10-11-22(18,19)7-2)8-9-16(12-15)13(17)21-14(3,4)5/h6-12H2,1-5H3. The minimum absolute atomic E-state index is 0.0255. The highest BCUT2D eigenvalue weighted by Crippen LogP contribution is 2.30. The predicted molar refractivity (Wildman–Crippen MR) is 85.7 cm³/mol. The van der Waals surface area contributed by atoms with E-state index in [-0.39, 0.29) is 24.2 Å². The second kappa shape index (κ2) is 7.17. The minimum atomic E-state index is -3.03. The number of hydrogen-bond acceptors (Lipinski definition) is 5. The van der Waals surface area contributed by atoms with Crippen LogP contribution in [0.4, 0.5) is 4.79 Å². The summed E-state index contributed by atoms with van der Waals surface area (Å²) < 4.78 is 34.3. The molecular formula is C15H29NO5S. The maximum absolute atomic E-state index is 12.1. The van der Waals surface area contributed by atoms with E-state index in [1.807, 2.05) is 27.7 Å². The third kappa shape index (κ3) is 5.76.